The Morgan fingerprint density at radius 1 is 0.375 bits per heavy atom. The van der Waals surface area contributed by atoms with Crippen LogP contribution >= 0.6 is 0 Å². The average molecular weight is 619 g/mol. The Morgan fingerprint density at radius 3 is 1.06 bits per heavy atom. The van der Waals surface area contributed by atoms with Crippen molar-refractivity contribution < 1.29 is 4.79 Å². The van der Waals surface area contributed by atoms with Crippen LogP contribution in [0.3, 0.4) is 0 Å². The molecule has 228 valence electrons. The number of rotatable bonds is 8. The van der Waals surface area contributed by atoms with Crippen molar-refractivity contribution in [2.75, 3.05) is 0 Å². The molecule has 0 bridgehead atoms. The fourth-order valence-corrected chi connectivity index (χ4v) is 6.15. The van der Waals surface area contributed by atoms with E-state index in [2.05, 4.69) is 34.2 Å². The van der Waals surface area contributed by atoms with Crippen molar-refractivity contribution in [3.8, 4) is 67.8 Å². The number of aromatic nitrogens is 4. The van der Waals surface area contributed by atoms with Gasteiger partial charge in [0.05, 0.1) is 22.8 Å². The van der Waals surface area contributed by atoms with Gasteiger partial charge in [0, 0.05) is 44.5 Å². The van der Waals surface area contributed by atoms with Crippen molar-refractivity contribution >= 4 is 5.78 Å². The van der Waals surface area contributed by atoms with Gasteiger partial charge in [-0.15, -0.1) is 0 Å². The van der Waals surface area contributed by atoms with Gasteiger partial charge in [-0.3, -0.25) is 4.79 Å². The number of carbonyl (C=O) groups excluding carboxylic acids is 1. The number of carbonyl (C=O) groups is 1. The molecule has 0 spiro atoms. The van der Waals surface area contributed by atoms with E-state index >= 15 is 0 Å². The third-order valence-corrected chi connectivity index (χ3v) is 8.48. The molecule has 0 aliphatic rings. The molecule has 2 aromatic heterocycles. The van der Waals surface area contributed by atoms with Crippen molar-refractivity contribution in [1.29, 1.82) is 0 Å². The largest absolute Gasteiger partial charge is 0.337 e. The maximum absolute atomic E-state index is 14.8. The Morgan fingerprint density at radius 2 is 0.688 bits per heavy atom. The third-order valence-electron chi connectivity index (χ3n) is 8.48. The molecule has 0 aliphatic carbocycles. The van der Waals surface area contributed by atoms with Crippen LogP contribution in [0.2, 0.25) is 0 Å². The molecule has 0 saturated heterocycles. The number of hydrogen-bond donors (Lipinski definition) is 2. The van der Waals surface area contributed by atoms with Crippen LogP contribution in [0.5, 0.6) is 0 Å². The summed E-state index contributed by atoms with van der Waals surface area (Å²) < 4.78 is 0. The van der Waals surface area contributed by atoms with Gasteiger partial charge in [-0.2, -0.15) is 0 Å². The predicted octanol–water partition coefficient (Wildman–Crippen LogP) is 10.4. The summed E-state index contributed by atoms with van der Waals surface area (Å²) in [6, 6.07) is 55.8. The zero-order valence-electron chi connectivity index (χ0n) is 26.0. The Kier molecular flexibility index (Phi) is 7.61. The zero-order chi connectivity index (χ0) is 32.3. The lowest BCUT2D eigenvalue weighted by Crippen LogP contribution is -2.06. The number of hydrogen-bond acceptors (Lipinski definition) is 3. The first-order chi connectivity index (χ1) is 23.7. The van der Waals surface area contributed by atoms with Crippen molar-refractivity contribution in [3.63, 3.8) is 0 Å². The van der Waals surface area contributed by atoms with Crippen LogP contribution in [-0.2, 0) is 0 Å². The minimum atomic E-state index is -0.104. The van der Waals surface area contributed by atoms with Gasteiger partial charge in [0.25, 0.3) is 0 Å². The number of benzene rings is 6. The standard InChI is InChI=1S/C43H30N4O/c48-41(35-27-15-13-25-33(35)39-37(29-17-5-1-6-18-29)44-42(46-39)31-21-9-3-10-22-31)36-28-16-14-26-34(36)40-38(30-19-7-2-8-20-30)45-43(47-40)32-23-11-4-12-24-32/h1-28H,(H,44,46)(H,45,47). The predicted molar refractivity (Wildman–Crippen MR) is 193 cm³/mol. The molecule has 8 rings (SSSR count). The number of imidazole rings is 2. The van der Waals surface area contributed by atoms with Crippen LogP contribution < -0.4 is 0 Å². The molecule has 6 aromatic carbocycles. The van der Waals surface area contributed by atoms with E-state index in [-0.39, 0.29) is 5.78 Å². The highest BCUT2D eigenvalue weighted by atomic mass is 16.1. The SMILES string of the molecule is O=C(c1ccccc1-c1nc(-c2ccccc2)[nH]c1-c1ccccc1)c1ccccc1-c1nc(-c2ccccc2)[nH]c1-c1ccccc1. The smallest absolute Gasteiger partial charge is 0.194 e. The van der Waals surface area contributed by atoms with Gasteiger partial charge in [-0.25, -0.2) is 9.97 Å². The van der Waals surface area contributed by atoms with Gasteiger partial charge in [-0.1, -0.05) is 170 Å². The minimum absolute atomic E-state index is 0.104. The molecule has 0 unspecified atom stereocenters. The van der Waals surface area contributed by atoms with E-state index in [1.54, 1.807) is 0 Å². The van der Waals surface area contributed by atoms with E-state index < -0.39 is 0 Å². The van der Waals surface area contributed by atoms with Crippen LogP contribution in [0.15, 0.2) is 170 Å². The van der Waals surface area contributed by atoms with Crippen LogP contribution in [-0.4, -0.2) is 25.7 Å². The van der Waals surface area contributed by atoms with E-state index in [0.717, 1.165) is 67.8 Å². The molecule has 5 nitrogen and oxygen atoms in total. The van der Waals surface area contributed by atoms with Crippen LogP contribution in [0, 0.1) is 0 Å². The van der Waals surface area contributed by atoms with Crippen molar-refractivity contribution in [2.45, 2.75) is 0 Å². The summed E-state index contributed by atoms with van der Waals surface area (Å²) in [5.74, 6) is 1.38. The first-order valence-corrected chi connectivity index (χ1v) is 15.9. The molecular weight excluding hydrogens is 589 g/mol. The Balaban J connectivity index is 1.28. The van der Waals surface area contributed by atoms with E-state index in [1.807, 2.05) is 146 Å². The maximum atomic E-state index is 14.8. The lowest BCUT2D eigenvalue weighted by molar-refractivity contribution is 0.104. The number of nitrogens with one attached hydrogen (secondary N) is 2. The molecule has 8 aromatic rings. The minimum Gasteiger partial charge on any atom is -0.337 e. The lowest BCUT2D eigenvalue weighted by atomic mass is 9.91. The van der Waals surface area contributed by atoms with Gasteiger partial charge in [-0.05, 0) is 0 Å². The monoisotopic (exact) mass is 618 g/mol. The Hall–Kier alpha value is -6.59. The van der Waals surface area contributed by atoms with E-state index in [4.69, 9.17) is 9.97 Å². The maximum Gasteiger partial charge on any atom is 0.194 e. The number of aromatic amines is 2. The second kappa shape index (κ2) is 12.7. The third kappa shape index (κ3) is 5.44. The van der Waals surface area contributed by atoms with E-state index in [1.165, 1.54) is 0 Å². The summed E-state index contributed by atoms with van der Waals surface area (Å²) in [6.07, 6.45) is 0. The van der Waals surface area contributed by atoms with Crippen molar-refractivity contribution in [2.24, 2.45) is 0 Å². The van der Waals surface area contributed by atoms with Gasteiger partial charge >= 0.3 is 0 Å². The molecule has 0 atom stereocenters. The van der Waals surface area contributed by atoms with Gasteiger partial charge in [0.15, 0.2) is 5.78 Å². The fourth-order valence-electron chi connectivity index (χ4n) is 6.15. The van der Waals surface area contributed by atoms with E-state index in [0.29, 0.717) is 11.1 Å². The van der Waals surface area contributed by atoms with Crippen molar-refractivity contribution in [3.05, 3.63) is 181 Å². The Bertz CT molecular complexity index is 2170. The molecule has 0 fully saturated rings. The first kappa shape index (κ1) is 28.9. The molecule has 0 amide bonds. The highest BCUT2D eigenvalue weighted by molar-refractivity contribution is 6.16. The summed E-state index contributed by atoms with van der Waals surface area (Å²) in [6.45, 7) is 0. The first-order valence-electron chi connectivity index (χ1n) is 15.9. The topological polar surface area (TPSA) is 74.4 Å². The molecule has 0 radical (unpaired) electrons. The average Bonchev–Trinajstić information content (AvgIpc) is 3.82. The zero-order valence-corrected chi connectivity index (χ0v) is 26.0. The number of nitrogens with zero attached hydrogens (tertiary/aromatic N) is 2. The quantitative estimate of drug-likeness (QED) is 0.166. The molecule has 48 heavy (non-hydrogen) atoms. The normalized spacial score (nSPS) is 11.0. The van der Waals surface area contributed by atoms with Crippen molar-refractivity contribution in [1.82, 2.24) is 19.9 Å². The molecule has 2 N–H and O–H groups in total. The van der Waals surface area contributed by atoms with Crippen LogP contribution in [0.25, 0.3) is 67.8 Å². The highest BCUT2D eigenvalue weighted by Crippen LogP contribution is 2.38. The summed E-state index contributed by atoms with van der Waals surface area (Å²) in [7, 11) is 0. The van der Waals surface area contributed by atoms with Crippen LogP contribution in [0.1, 0.15) is 15.9 Å². The molecule has 5 heteroatoms. The summed E-state index contributed by atoms with van der Waals surface area (Å²) >= 11 is 0. The molecule has 0 saturated carbocycles. The van der Waals surface area contributed by atoms with Gasteiger partial charge < -0.3 is 9.97 Å². The molecular formula is C43H30N4O. The number of ketones is 1. The lowest BCUT2D eigenvalue weighted by Gasteiger charge is -2.12. The van der Waals surface area contributed by atoms with Gasteiger partial charge in [0.2, 0.25) is 0 Å². The second-order valence-electron chi connectivity index (χ2n) is 11.5. The number of H-pyrrole nitrogens is 2. The summed E-state index contributed by atoms with van der Waals surface area (Å²) in [5.41, 5.74) is 9.70. The second-order valence-corrected chi connectivity index (χ2v) is 11.5. The molecule has 0 aliphatic heterocycles. The van der Waals surface area contributed by atoms with E-state index in [9.17, 15) is 4.79 Å². The fraction of sp³-hybridized carbons (Fsp3) is 0. The summed E-state index contributed by atoms with van der Waals surface area (Å²) in [5, 5.41) is 0. The Labute approximate surface area is 278 Å². The molecule has 2 heterocycles. The highest BCUT2D eigenvalue weighted by Gasteiger charge is 2.25. The summed E-state index contributed by atoms with van der Waals surface area (Å²) in [4.78, 5) is 32.2. The van der Waals surface area contributed by atoms with Crippen LogP contribution in [0.4, 0.5) is 0 Å². The van der Waals surface area contributed by atoms with Gasteiger partial charge in [0.1, 0.15) is 11.6 Å².